The smallest absolute Gasteiger partial charge is 0.228 e. The van der Waals surface area contributed by atoms with E-state index in [-0.39, 0.29) is 24.2 Å². The van der Waals surface area contributed by atoms with Gasteiger partial charge in [0.1, 0.15) is 5.76 Å². The molecule has 1 aliphatic heterocycles. The quantitative estimate of drug-likeness (QED) is 0.838. The molecule has 25 heavy (non-hydrogen) atoms. The monoisotopic (exact) mass is 340 g/mol. The van der Waals surface area contributed by atoms with Crippen LogP contribution in [0.2, 0.25) is 0 Å². The standard InChI is InChI=1S/C20H24N2O3/c1-14(2)15-6-4-7-17(10-15)22-12-16(11-19(22)23)20(24)21(3)13-18-8-5-9-25-18/h4-10,14,16H,11-13H2,1-3H3. The van der Waals surface area contributed by atoms with Crippen molar-refractivity contribution < 1.29 is 14.0 Å². The first-order chi connectivity index (χ1) is 12.0. The van der Waals surface area contributed by atoms with Crippen LogP contribution < -0.4 is 4.90 Å². The van der Waals surface area contributed by atoms with Crippen molar-refractivity contribution in [1.29, 1.82) is 0 Å². The molecular weight excluding hydrogens is 316 g/mol. The average Bonchev–Trinajstić information content (AvgIpc) is 3.23. The van der Waals surface area contributed by atoms with E-state index in [1.165, 1.54) is 5.56 Å². The Morgan fingerprint density at radius 1 is 1.32 bits per heavy atom. The van der Waals surface area contributed by atoms with Gasteiger partial charge in [-0.15, -0.1) is 0 Å². The Bertz CT molecular complexity index is 752. The molecule has 0 spiro atoms. The summed E-state index contributed by atoms with van der Waals surface area (Å²) in [7, 11) is 1.75. The lowest BCUT2D eigenvalue weighted by Crippen LogP contribution is -2.34. The van der Waals surface area contributed by atoms with Gasteiger partial charge in [-0.1, -0.05) is 26.0 Å². The molecule has 0 saturated carbocycles. The molecule has 2 aromatic rings. The molecule has 1 aliphatic rings. The van der Waals surface area contributed by atoms with Gasteiger partial charge in [0.05, 0.1) is 18.7 Å². The number of amides is 2. The van der Waals surface area contributed by atoms with E-state index in [1.54, 1.807) is 29.2 Å². The van der Waals surface area contributed by atoms with Crippen molar-refractivity contribution in [3.63, 3.8) is 0 Å². The minimum absolute atomic E-state index is 0.00524. The summed E-state index contributed by atoms with van der Waals surface area (Å²) in [4.78, 5) is 28.5. The van der Waals surface area contributed by atoms with Gasteiger partial charge in [-0.2, -0.15) is 0 Å². The molecule has 0 N–H and O–H groups in total. The fraction of sp³-hybridized carbons (Fsp3) is 0.400. The Morgan fingerprint density at radius 3 is 2.80 bits per heavy atom. The summed E-state index contributed by atoms with van der Waals surface area (Å²) in [5.41, 5.74) is 2.07. The summed E-state index contributed by atoms with van der Waals surface area (Å²) in [5.74, 6) is 0.810. The van der Waals surface area contributed by atoms with Crippen LogP contribution in [0.3, 0.4) is 0 Å². The van der Waals surface area contributed by atoms with Gasteiger partial charge in [-0.05, 0) is 35.7 Å². The van der Waals surface area contributed by atoms with Crippen LogP contribution in [0.25, 0.3) is 0 Å². The zero-order valence-electron chi connectivity index (χ0n) is 14.9. The maximum atomic E-state index is 12.7. The Labute approximate surface area is 148 Å². The Hall–Kier alpha value is -2.56. The summed E-state index contributed by atoms with van der Waals surface area (Å²) < 4.78 is 5.29. The molecule has 0 bridgehead atoms. The van der Waals surface area contributed by atoms with Crippen molar-refractivity contribution in [2.75, 3.05) is 18.5 Å². The van der Waals surface area contributed by atoms with Crippen LogP contribution in [-0.4, -0.2) is 30.3 Å². The van der Waals surface area contributed by atoms with E-state index in [0.717, 1.165) is 11.4 Å². The molecule has 5 nitrogen and oxygen atoms in total. The highest BCUT2D eigenvalue weighted by Crippen LogP contribution is 2.28. The molecule has 1 atom stereocenters. The van der Waals surface area contributed by atoms with Crippen LogP contribution >= 0.6 is 0 Å². The fourth-order valence-corrected chi connectivity index (χ4v) is 3.20. The number of carbonyl (C=O) groups is 2. The number of hydrogen-bond donors (Lipinski definition) is 0. The van der Waals surface area contributed by atoms with E-state index >= 15 is 0 Å². The van der Waals surface area contributed by atoms with Gasteiger partial charge >= 0.3 is 0 Å². The van der Waals surface area contributed by atoms with E-state index in [2.05, 4.69) is 19.9 Å². The minimum atomic E-state index is -0.310. The summed E-state index contributed by atoms with van der Waals surface area (Å²) in [5, 5.41) is 0. The van der Waals surface area contributed by atoms with E-state index in [9.17, 15) is 9.59 Å². The van der Waals surface area contributed by atoms with E-state index in [0.29, 0.717) is 19.0 Å². The van der Waals surface area contributed by atoms with Crippen molar-refractivity contribution in [1.82, 2.24) is 4.90 Å². The van der Waals surface area contributed by atoms with E-state index in [4.69, 9.17) is 4.42 Å². The number of hydrogen-bond acceptors (Lipinski definition) is 3. The van der Waals surface area contributed by atoms with Crippen LogP contribution in [0.1, 0.15) is 37.5 Å². The van der Waals surface area contributed by atoms with Gasteiger partial charge in [0, 0.05) is 25.7 Å². The van der Waals surface area contributed by atoms with Crippen LogP contribution in [0.4, 0.5) is 5.69 Å². The molecule has 2 heterocycles. The highest BCUT2D eigenvalue weighted by atomic mass is 16.3. The maximum Gasteiger partial charge on any atom is 0.228 e. The number of rotatable bonds is 5. The summed E-state index contributed by atoms with van der Waals surface area (Å²) in [6.45, 7) is 5.10. The largest absolute Gasteiger partial charge is 0.467 e. The first-order valence-corrected chi connectivity index (χ1v) is 8.63. The SMILES string of the molecule is CC(C)c1cccc(N2CC(C(=O)N(C)Cc3ccco3)CC2=O)c1. The molecule has 132 valence electrons. The van der Waals surface area contributed by atoms with E-state index < -0.39 is 0 Å². The number of benzene rings is 1. The predicted octanol–water partition coefficient (Wildman–Crippen LogP) is 3.41. The third-order valence-corrected chi connectivity index (χ3v) is 4.67. The van der Waals surface area contributed by atoms with Crippen LogP contribution in [0, 0.1) is 5.92 Å². The molecule has 1 fully saturated rings. The highest BCUT2D eigenvalue weighted by Gasteiger charge is 2.36. The van der Waals surface area contributed by atoms with Gasteiger partial charge < -0.3 is 14.2 Å². The summed E-state index contributed by atoms with van der Waals surface area (Å²) in [6.07, 6.45) is 1.85. The normalized spacial score (nSPS) is 17.4. The van der Waals surface area contributed by atoms with Crippen molar-refractivity contribution in [3.8, 4) is 0 Å². The number of furan rings is 1. The second-order valence-corrected chi connectivity index (χ2v) is 6.93. The molecular formula is C20H24N2O3. The lowest BCUT2D eigenvalue weighted by molar-refractivity contribution is -0.135. The summed E-state index contributed by atoms with van der Waals surface area (Å²) >= 11 is 0. The molecule has 2 amide bonds. The van der Waals surface area contributed by atoms with Crippen molar-refractivity contribution >= 4 is 17.5 Å². The number of nitrogens with zero attached hydrogens (tertiary/aromatic N) is 2. The average molecular weight is 340 g/mol. The molecule has 0 aliphatic carbocycles. The zero-order valence-corrected chi connectivity index (χ0v) is 14.9. The fourth-order valence-electron chi connectivity index (χ4n) is 3.20. The van der Waals surface area contributed by atoms with Gasteiger partial charge in [-0.3, -0.25) is 9.59 Å². The second-order valence-electron chi connectivity index (χ2n) is 6.93. The third-order valence-electron chi connectivity index (χ3n) is 4.67. The lowest BCUT2D eigenvalue weighted by atomic mass is 10.0. The van der Waals surface area contributed by atoms with Crippen molar-refractivity contribution in [2.45, 2.75) is 32.7 Å². The molecule has 1 unspecified atom stereocenters. The van der Waals surface area contributed by atoms with E-state index in [1.807, 2.05) is 24.3 Å². The minimum Gasteiger partial charge on any atom is -0.467 e. The van der Waals surface area contributed by atoms with Crippen molar-refractivity contribution in [2.24, 2.45) is 5.92 Å². The molecule has 1 aromatic carbocycles. The molecule has 3 rings (SSSR count). The Balaban J connectivity index is 1.69. The molecule has 5 heteroatoms. The number of carbonyl (C=O) groups excluding carboxylic acids is 2. The first kappa shape index (κ1) is 17.3. The summed E-state index contributed by atoms with van der Waals surface area (Å²) in [6, 6.07) is 11.7. The van der Waals surface area contributed by atoms with Crippen LogP contribution in [0.15, 0.2) is 47.1 Å². The predicted molar refractivity (Wildman–Crippen MR) is 96.2 cm³/mol. The van der Waals surface area contributed by atoms with Crippen molar-refractivity contribution in [3.05, 3.63) is 54.0 Å². The van der Waals surface area contributed by atoms with Gasteiger partial charge in [0.25, 0.3) is 0 Å². The highest BCUT2D eigenvalue weighted by molar-refractivity contribution is 6.00. The van der Waals surface area contributed by atoms with Gasteiger partial charge in [0.15, 0.2) is 0 Å². The maximum absolute atomic E-state index is 12.7. The molecule has 1 saturated heterocycles. The van der Waals surface area contributed by atoms with Crippen LogP contribution in [0.5, 0.6) is 0 Å². The first-order valence-electron chi connectivity index (χ1n) is 8.63. The van der Waals surface area contributed by atoms with Crippen LogP contribution in [-0.2, 0) is 16.1 Å². The van der Waals surface area contributed by atoms with Gasteiger partial charge in [0.2, 0.25) is 11.8 Å². The zero-order chi connectivity index (χ0) is 18.0. The van der Waals surface area contributed by atoms with Gasteiger partial charge in [-0.25, -0.2) is 0 Å². The number of anilines is 1. The lowest BCUT2D eigenvalue weighted by Gasteiger charge is -2.21. The second kappa shape index (κ2) is 7.13. The molecule has 1 aromatic heterocycles. The molecule has 0 radical (unpaired) electrons. The third kappa shape index (κ3) is 3.76. The topological polar surface area (TPSA) is 53.8 Å². The Morgan fingerprint density at radius 2 is 2.12 bits per heavy atom. The Kier molecular flexibility index (Phi) is 4.93.